The van der Waals surface area contributed by atoms with Gasteiger partial charge in [-0.25, -0.2) is 0 Å². The molecule has 1 amide bonds. The molecule has 0 atom stereocenters. The Morgan fingerprint density at radius 1 is 1.08 bits per heavy atom. The fourth-order valence-electron chi connectivity index (χ4n) is 2.50. The van der Waals surface area contributed by atoms with Crippen LogP contribution < -0.4 is 5.32 Å². The summed E-state index contributed by atoms with van der Waals surface area (Å²) in [7, 11) is 1.51. The smallest absolute Gasteiger partial charge is 0.322 e. The third-order valence-corrected chi connectivity index (χ3v) is 3.84. The highest BCUT2D eigenvalue weighted by Crippen LogP contribution is 2.22. The van der Waals surface area contributed by atoms with Crippen molar-refractivity contribution in [3.8, 4) is 0 Å². The largest absolute Gasteiger partial charge is 0.349 e. The van der Waals surface area contributed by atoms with Crippen LogP contribution in [0.4, 0.5) is 11.4 Å². The van der Waals surface area contributed by atoms with Gasteiger partial charge in [-0.3, -0.25) is 34.4 Å². The second-order valence-electron chi connectivity index (χ2n) is 5.42. The van der Waals surface area contributed by atoms with Gasteiger partial charge in [0.2, 0.25) is 5.69 Å². The van der Waals surface area contributed by atoms with Crippen LogP contribution in [0.15, 0.2) is 0 Å². The molecule has 0 saturated heterocycles. The van der Waals surface area contributed by atoms with E-state index in [1.165, 1.54) is 30.3 Å². The maximum atomic E-state index is 12.2. The highest BCUT2D eigenvalue weighted by Gasteiger charge is 2.29. The third-order valence-electron chi connectivity index (χ3n) is 3.84. The summed E-state index contributed by atoms with van der Waals surface area (Å²) >= 11 is 0. The molecule has 1 N–H and O–H groups in total. The first kappa shape index (κ1) is 18.0. The van der Waals surface area contributed by atoms with Gasteiger partial charge in [-0.1, -0.05) is 0 Å². The predicted molar refractivity (Wildman–Crippen MR) is 85.3 cm³/mol. The highest BCUT2D eigenvalue weighted by molar-refractivity contribution is 5.96. The van der Waals surface area contributed by atoms with E-state index in [2.05, 4.69) is 15.5 Å². The van der Waals surface area contributed by atoms with Crippen LogP contribution in [0.2, 0.25) is 0 Å². The zero-order valence-corrected chi connectivity index (χ0v) is 14.1. The second-order valence-corrected chi connectivity index (χ2v) is 5.42. The van der Waals surface area contributed by atoms with Crippen LogP contribution in [-0.2, 0) is 13.6 Å². The SMILES string of the molecule is Cc1nn(CCNC(=O)c2nn(C)c(C)c2[N+](=O)[O-])c(C)c1[N+](=O)[O-]. The van der Waals surface area contributed by atoms with Crippen LogP contribution in [0.3, 0.4) is 0 Å². The molecule has 0 unspecified atom stereocenters. The van der Waals surface area contributed by atoms with Crippen molar-refractivity contribution in [1.29, 1.82) is 0 Å². The third kappa shape index (κ3) is 3.32. The highest BCUT2D eigenvalue weighted by atomic mass is 16.6. The number of aromatic nitrogens is 4. The Balaban J connectivity index is 2.10. The van der Waals surface area contributed by atoms with Crippen molar-refractivity contribution in [1.82, 2.24) is 24.9 Å². The number of rotatable bonds is 6. The van der Waals surface area contributed by atoms with Crippen LogP contribution in [0.1, 0.15) is 27.6 Å². The van der Waals surface area contributed by atoms with E-state index in [0.717, 1.165) is 0 Å². The van der Waals surface area contributed by atoms with E-state index in [9.17, 15) is 25.0 Å². The Morgan fingerprint density at radius 2 is 1.68 bits per heavy atom. The van der Waals surface area contributed by atoms with Crippen molar-refractivity contribution >= 4 is 17.3 Å². The van der Waals surface area contributed by atoms with E-state index >= 15 is 0 Å². The molecule has 0 fully saturated rings. The molecule has 25 heavy (non-hydrogen) atoms. The molecular formula is C13H17N7O5. The molecule has 0 aromatic carbocycles. The number of nitro groups is 2. The fourth-order valence-corrected chi connectivity index (χ4v) is 2.50. The number of carbonyl (C=O) groups is 1. The van der Waals surface area contributed by atoms with Crippen molar-refractivity contribution in [2.24, 2.45) is 7.05 Å². The summed E-state index contributed by atoms with van der Waals surface area (Å²) in [6.07, 6.45) is 0. The number of hydrogen-bond acceptors (Lipinski definition) is 7. The number of nitrogens with one attached hydrogen (secondary N) is 1. The van der Waals surface area contributed by atoms with Gasteiger partial charge in [-0.05, 0) is 20.8 Å². The molecule has 0 bridgehead atoms. The van der Waals surface area contributed by atoms with Gasteiger partial charge < -0.3 is 5.32 Å². The lowest BCUT2D eigenvalue weighted by Crippen LogP contribution is -2.28. The van der Waals surface area contributed by atoms with Gasteiger partial charge in [0.05, 0.1) is 16.4 Å². The molecular weight excluding hydrogens is 334 g/mol. The number of nitrogens with zero attached hydrogens (tertiary/aromatic N) is 6. The Kier molecular flexibility index (Phi) is 4.81. The Labute approximate surface area is 141 Å². The van der Waals surface area contributed by atoms with E-state index in [4.69, 9.17) is 0 Å². The van der Waals surface area contributed by atoms with Crippen LogP contribution in [-0.4, -0.2) is 41.9 Å². The first-order valence-electron chi connectivity index (χ1n) is 7.29. The van der Waals surface area contributed by atoms with Crippen molar-refractivity contribution in [2.45, 2.75) is 27.3 Å². The monoisotopic (exact) mass is 351 g/mol. The number of hydrogen-bond donors (Lipinski definition) is 1. The maximum absolute atomic E-state index is 12.2. The summed E-state index contributed by atoms with van der Waals surface area (Å²) in [5, 5.41) is 32.5. The Hall–Kier alpha value is -3.31. The quantitative estimate of drug-likeness (QED) is 0.596. The lowest BCUT2D eigenvalue weighted by Gasteiger charge is -2.05. The zero-order valence-electron chi connectivity index (χ0n) is 14.1. The molecule has 0 aliphatic carbocycles. The minimum absolute atomic E-state index is 0.0673. The van der Waals surface area contributed by atoms with E-state index in [-0.39, 0.29) is 41.5 Å². The van der Waals surface area contributed by atoms with Gasteiger partial charge in [0.25, 0.3) is 5.91 Å². The molecule has 0 spiro atoms. The minimum Gasteiger partial charge on any atom is -0.349 e. The number of carbonyl (C=O) groups excluding carboxylic acids is 1. The van der Waals surface area contributed by atoms with Gasteiger partial charge in [0.15, 0.2) is 0 Å². The fraction of sp³-hybridized carbons (Fsp3) is 0.462. The van der Waals surface area contributed by atoms with Crippen LogP contribution in [0, 0.1) is 41.0 Å². The summed E-state index contributed by atoms with van der Waals surface area (Å²) < 4.78 is 2.67. The number of amides is 1. The average Bonchev–Trinajstić information content (AvgIpc) is 2.96. The Bertz CT molecular complexity index is 867. The minimum atomic E-state index is -0.688. The summed E-state index contributed by atoms with van der Waals surface area (Å²) in [4.78, 5) is 33.1. The summed E-state index contributed by atoms with van der Waals surface area (Å²) in [5.41, 5.74) is 0.235. The van der Waals surface area contributed by atoms with Crippen LogP contribution >= 0.6 is 0 Å². The van der Waals surface area contributed by atoms with E-state index < -0.39 is 15.8 Å². The first-order valence-corrected chi connectivity index (χ1v) is 7.29. The van der Waals surface area contributed by atoms with Crippen LogP contribution in [0.25, 0.3) is 0 Å². The first-order chi connectivity index (χ1) is 11.6. The van der Waals surface area contributed by atoms with Crippen molar-refractivity contribution in [3.63, 3.8) is 0 Å². The topological polar surface area (TPSA) is 151 Å². The zero-order chi connectivity index (χ0) is 18.9. The summed E-state index contributed by atoms with van der Waals surface area (Å²) in [6, 6.07) is 0. The Morgan fingerprint density at radius 3 is 2.20 bits per heavy atom. The summed E-state index contributed by atoms with van der Waals surface area (Å²) in [6.45, 7) is 4.86. The van der Waals surface area contributed by atoms with E-state index in [0.29, 0.717) is 5.69 Å². The molecule has 0 aliphatic rings. The van der Waals surface area contributed by atoms with Crippen LogP contribution in [0.5, 0.6) is 0 Å². The van der Waals surface area contributed by atoms with Gasteiger partial charge in [-0.2, -0.15) is 10.2 Å². The van der Waals surface area contributed by atoms with Crippen molar-refractivity contribution in [3.05, 3.63) is 43.0 Å². The van der Waals surface area contributed by atoms with Gasteiger partial charge in [0.1, 0.15) is 17.1 Å². The molecule has 2 heterocycles. The molecule has 134 valence electrons. The normalized spacial score (nSPS) is 10.7. The van der Waals surface area contributed by atoms with E-state index in [1.807, 2.05) is 0 Å². The van der Waals surface area contributed by atoms with Crippen molar-refractivity contribution in [2.75, 3.05) is 6.54 Å². The molecule has 0 aliphatic heterocycles. The van der Waals surface area contributed by atoms with E-state index in [1.54, 1.807) is 6.92 Å². The lowest BCUT2D eigenvalue weighted by molar-refractivity contribution is -0.386. The molecule has 0 radical (unpaired) electrons. The van der Waals surface area contributed by atoms with Crippen molar-refractivity contribution < 1.29 is 14.6 Å². The van der Waals surface area contributed by atoms with Gasteiger partial charge >= 0.3 is 11.4 Å². The molecule has 2 aromatic heterocycles. The summed E-state index contributed by atoms with van der Waals surface area (Å²) in [5.74, 6) is -0.688. The molecule has 12 heteroatoms. The molecule has 2 rings (SSSR count). The molecule has 0 saturated carbocycles. The van der Waals surface area contributed by atoms with Gasteiger partial charge in [-0.15, -0.1) is 0 Å². The second kappa shape index (κ2) is 6.67. The predicted octanol–water partition coefficient (Wildman–Crippen LogP) is 0.788. The maximum Gasteiger partial charge on any atom is 0.322 e. The number of aryl methyl sites for hydroxylation is 2. The standard InChI is InChI=1S/C13H17N7O5/c1-7-11(19(22)23)9(3)18(15-7)6-5-14-13(21)10-12(20(24)25)8(2)17(4)16-10/h5-6H2,1-4H3,(H,14,21). The molecule has 12 nitrogen and oxygen atoms in total. The average molecular weight is 351 g/mol. The molecule has 2 aromatic rings. The van der Waals surface area contributed by atoms with Gasteiger partial charge in [0, 0.05) is 13.6 Å². The lowest BCUT2D eigenvalue weighted by atomic mass is 10.3.